The Morgan fingerprint density at radius 1 is 1.15 bits per heavy atom. The number of rotatable bonds is 5. The Kier molecular flexibility index (Phi) is 5.23. The van der Waals surface area contributed by atoms with Gasteiger partial charge in [-0.3, -0.25) is 20.2 Å². The van der Waals surface area contributed by atoms with Gasteiger partial charge in [-0.2, -0.15) is 0 Å². The van der Waals surface area contributed by atoms with E-state index in [1.165, 1.54) is 0 Å². The lowest BCUT2D eigenvalue weighted by molar-refractivity contribution is -0.123. The third kappa shape index (κ3) is 3.83. The van der Waals surface area contributed by atoms with E-state index in [9.17, 15) is 9.59 Å². The summed E-state index contributed by atoms with van der Waals surface area (Å²) in [5, 5.41) is 4.90. The zero-order valence-electron chi connectivity index (χ0n) is 15.0. The van der Waals surface area contributed by atoms with Gasteiger partial charge < -0.3 is 9.30 Å². The van der Waals surface area contributed by atoms with E-state index in [4.69, 9.17) is 17.0 Å². The van der Waals surface area contributed by atoms with Crippen LogP contribution in [0.5, 0.6) is 5.75 Å². The predicted octanol–water partition coefficient (Wildman–Crippen LogP) is 2.57. The van der Waals surface area contributed by atoms with Crippen molar-refractivity contribution in [3.63, 3.8) is 0 Å². The molecule has 2 N–H and O–H groups in total. The minimum absolute atomic E-state index is 0.0198. The van der Waals surface area contributed by atoms with Crippen LogP contribution in [0.4, 0.5) is 0 Å². The second-order valence-corrected chi connectivity index (χ2v) is 6.46. The van der Waals surface area contributed by atoms with Crippen molar-refractivity contribution in [3.8, 4) is 11.4 Å². The lowest BCUT2D eigenvalue weighted by Crippen LogP contribution is -2.51. The topological polar surface area (TPSA) is 72.4 Å². The third-order valence-corrected chi connectivity index (χ3v) is 4.38. The molecule has 2 aromatic rings. The molecule has 0 radical (unpaired) electrons. The van der Waals surface area contributed by atoms with Crippen molar-refractivity contribution in [2.45, 2.75) is 13.8 Å². The van der Waals surface area contributed by atoms with Gasteiger partial charge in [-0.15, -0.1) is 0 Å². The lowest BCUT2D eigenvalue weighted by Gasteiger charge is -2.16. The molecule has 0 bridgehead atoms. The van der Waals surface area contributed by atoms with Crippen LogP contribution in [0.3, 0.4) is 0 Å². The normalized spacial score (nSPS) is 13.9. The van der Waals surface area contributed by atoms with Crippen LogP contribution in [0.2, 0.25) is 0 Å². The molecular formula is C20H19N3O3S. The van der Waals surface area contributed by atoms with E-state index in [1.54, 1.807) is 12.2 Å². The number of benzene rings is 1. The molecule has 0 saturated carbocycles. The maximum absolute atomic E-state index is 12.1. The zero-order valence-corrected chi connectivity index (χ0v) is 15.9. The Labute approximate surface area is 162 Å². The van der Waals surface area contributed by atoms with Gasteiger partial charge in [-0.25, -0.2) is 0 Å². The Hall–Kier alpha value is -3.19. The SMILES string of the molecule is C=CCOc1ccc(-n2c(C)cc(C=C3C(=O)NC(=S)NC3=O)c2C)cc1. The van der Waals surface area contributed by atoms with Crippen LogP contribution in [0.1, 0.15) is 17.0 Å². The van der Waals surface area contributed by atoms with Crippen LogP contribution >= 0.6 is 12.2 Å². The minimum Gasteiger partial charge on any atom is -0.490 e. The van der Waals surface area contributed by atoms with Crippen molar-refractivity contribution >= 4 is 35.2 Å². The van der Waals surface area contributed by atoms with E-state index in [1.807, 2.05) is 48.7 Å². The summed E-state index contributed by atoms with van der Waals surface area (Å²) in [7, 11) is 0. The average Bonchev–Trinajstić information content (AvgIpc) is 2.90. The second-order valence-electron chi connectivity index (χ2n) is 6.05. The fraction of sp³-hybridized carbons (Fsp3) is 0.150. The van der Waals surface area contributed by atoms with Crippen molar-refractivity contribution in [1.29, 1.82) is 0 Å². The van der Waals surface area contributed by atoms with Crippen molar-refractivity contribution in [1.82, 2.24) is 15.2 Å². The number of amides is 2. The summed E-state index contributed by atoms with van der Waals surface area (Å²) < 4.78 is 7.56. The largest absolute Gasteiger partial charge is 0.490 e. The highest BCUT2D eigenvalue weighted by atomic mass is 32.1. The van der Waals surface area contributed by atoms with Crippen LogP contribution < -0.4 is 15.4 Å². The first-order chi connectivity index (χ1) is 12.9. The minimum atomic E-state index is -0.503. The summed E-state index contributed by atoms with van der Waals surface area (Å²) in [6, 6.07) is 9.61. The van der Waals surface area contributed by atoms with E-state index >= 15 is 0 Å². The Bertz CT molecular complexity index is 949. The Morgan fingerprint density at radius 3 is 2.37 bits per heavy atom. The summed E-state index contributed by atoms with van der Waals surface area (Å²) in [6.07, 6.45) is 3.27. The van der Waals surface area contributed by atoms with Crippen molar-refractivity contribution in [2.24, 2.45) is 0 Å². The number of nitrogens with one attached hydrogen (secondary N) is 2. The van der Waals surface area contributed by atoms with Gasteiger partial charge in [0.05, 0.1) is 0 Å². The number of aryl methyl sites for hydroxylation is 1. The first-order valence-electron chi connectivity index (χ1n) is 8.32. The molecular weight excluding hydrogens is 362 g/mol. The highest BCUT2D eigenvalue weighted by Crippen LogP contribution is 2.24. The van der Waals surface area contributed by atoms with E-state index in [-0.39, 0.29) is 10.7 Å². The molecule has 2 amide bonds. The Morgan fingerprint density at radius 2 is 1.78 bits per heavy atom. The van der Waals surface area contributed by atoms with Crippen LogP contribution in [-0.2, 0) is 9.59 Å². The van der Waals surface area contributed by atoms with Gasteiger partial charge in [0.1, 0.15) is 17.9 Å². The number of aromatic nitrogens is 1. The number of carbonyl (C=O) groups is 2. The molecule has 0 spiro atoms. The molecule has 1 aliphatic rings. The number of thiocarbonyl (C=S) groups is 1. The summed E-state index contributed by atoms with van der Waals surface area (Å²) in [5.41, 5.74) is 3.66. The standard InChI is InChI=1S/C20H19N3O3S/c1-4-9-26-16-7-5-15(6-8-16)23-12(2)10-14(13(23)3)11-17-18(24)21-20(27)22-19(17)25/h4-8,10-11H,1,9H2,2-3H3,(H2,21,22,24,25,27). The smallest absolute Gasteiger partial charge is 0.263 e. The molecule has 1 aliphatic heterocycles. The highest BCUT2D eigenvalue weighted by molar-refractivity contribution is 7.80. The van der Waals surface area contributed by atoms with E-state index in [0.29, 0.717) is 6.61 Å². The lowest BCUT2D eigenvalue weighted by atomic mass is 10.1. The molecule has 3 rings (SSSR count). The van der Waals surface area contributed by atoms with Gasteiger partial charge >= 0.3 is 0 Å². The molecule has 0 aliphatic carbocycles. The number of ether oxygens (including phenoxy) is 1. The summed E-state index contributed by atoms with van der Waals surface area (Å²) in [6.45, 7) is 7.98. The molecule has 0 unspecified atom stereocenters. The van der Waals surface area contributed by atoms with Gasteiger partial charge in [0.2, 0.25) is 0 Å². The number of nitrogens with zero attached hydrogens (tertiary/aromatic N) is 1. The van der Waals surface area contributed by atoms with Crippen LogP contribution in [0.15, 0.2) is 48.6 Å². The van der Waals surface area contributed by atoms with Gasteiger partial charge in [0.25, 0.3) is 11.8 Å². The maximum Gasteiger partial charge on any atom is 0.263 e. The fourth-order valence-corrected chi connectivity index (χ4v) is 3.12. The third-order valence-electron chi connectivity index (χ3n) is 4.18. The van der Waals surface area contributed by atoms with Crippen LogP contribution in [0, 0.1) is 13.8 Å². The molecule has 7 heteroatoms. The van der Waals surface area contributed by atoms with Crippen LogP contribution in [-0.4, -0.2) is 28.1 Å². The molecule has 27 heavy (non-hydrogen) atoms. The Balaban J connectivity index is 1.94. The molecule has 1 saturated heterocycles. The first kappa shape index (κ1) is 18.6. The molecule has 6 nitrogen and oxygen atoms in total. The van der Waals surface area contributed by atoms with Gasteiger partial charge in [0.15, 0.2) is 5.11 Å². The van der Waals surface area contributed by atoms with E-state index < -0.39 is 11.8 Å². The summed E-state index contributed by atoms with van der Waals surface area (Å²) in [5.74, 6) is -0.246. The van der Waals surface area contributed by atoms with Gasteiger partial charge in [-0.1, -0.05) is 12.7 Å². The van der Waals surface area contributed by atoms with Crippen molar-refractivity contribution < 1.29 is 14.3 Å². The maximum atomic E-state index is 12.1. The molecule has 1 fully saturated rings. The number of hydrogen-bond donors (Lipinski definition) is 2. The monoisotopic (exact) mass is 381 g/mol. The van der Waals surface area contributed by atoms with Gasteiger partial charge in [0, 0.05) is 17.1 Å². The quantitative estimate of drug-likeness (QED) is 0.361. The molecule has 1 aromatic carbocycles. The van der Waals surface area contributed by atoms with Crippen molar-refractivity contribution in [3.05, 3.63) is 65.5 Å². The second kappa shape index (κ2) is 7.59. The predicted molar refractivity (Wildman–Crippen MR) is 108 cm³/mol. The van der Waals surface area contributed by atoms with Crippen molar-refractivity contribution in [2.75, 3.05) is 6.61 Å². The van der Waals surface area contributed by atoms with Crippen LogP contribution in [0.25, 0.3) is 11.8 Å². The fourth-order valence-electron chi connectivity index (χ4n) is 2.94. The first-order valence-corrected chi connectivity index (χ1v) is 8.73. The number of hydrogen-bond acceptors (Lipinski definition) is 4. The zero-order chi connectivity index (χ0) is 19.6. The number of carbonyl (C=O) groups excluding carboxylic acids is 2. The molecule has 138 valence electrons. The van der Waals surface area contributed by atoms with E-state index in [0.717, 1.165) is 28.4 Å². The average molecular weight is 381 g/mol. The molecule has 1 aromatic heterocycles. The molecule has 0 atom stereocenters. The summed E-state index contributed by atoms with van der Waals surface area (Å²) in [4.78, 5) is 24.1. The van der Waals surface area contributed by atoms with E-state index in [2.05, 4.69) is 17.2 Å². The summed E-state index contributed by atoms with van der Waals surface area (Å²) >= 11 is 4.82. The van der Waals surface area contributed by atoms with Gasteiger partial charge in [-0.05, 0) is 68.0 Å². The molecule has 2 heterocycles. The highest BCUT2D eigenvalue weighted by Gasteiger charge is 2.26.